The van der Waals surface area contributed by atoms with Crippen LogP contribution in [0.15, 0.2) is 85.1 Å². The summed E-state index contributed by atoms with van der Waals surface area (Å²) in [6.07, 6.45) is 75.4. The maximum Gasteiger partial charge on any atom is 0.306 e. The molecule has 0 bridgehead atoms. The number of carbonyl (C=O) groups excluding carboxylic acids is 2. The highest BCUT2D eigenvalue weighted by Crippen LogP contribution is 2.38. The van der Waals surface area contributed by atoms with Gasteiger partial charge in [0.05, 0.1) is 33.8 Å². The number of esters is 1. The van der Waals surface area contributed by atoms with Crippen molar-refractivity contribution >= 4 is 19.7 Å². The molecule has 9 nitrogen and oxygen atoms in total. The Balaban J connectivity index is 5.26. The number of allylic oxidation sites excluding steroid dienone is 13. The van der Waals surface area contributed by atoms with E-state index in [1.54, 1.807) is 0 Å². The van der Waals surface area contributed by atoms with Gasteiger partial charge in [-0.2, -0.15) is 0 Å². The van der Waals surface area contributed by atoms with E-state index in [2.05, 4.69) is 99.0 Å². The summed E-state index contributed by atoms with van der Waals surface area (Å²) >= 11 is 0. The average Bonchev–Trinajstić information content (AvgIpc) is 3.40. The summed E-state index contributed by atoms with van der Waals surface area (Å²) in [5.74, 6) is -0.565. The number of amides is 1. The molecule has 3 atom stereocenters. The normalized spacial score (nSPS) is 14.2. The van der Waals surface area contributed by atoms with Crippen LogP contribution in [0, 0.1) is 0 Å². The van der Waals surface area contributed by atoms with Gasteiger partial charge in [0.15, 0.2) is 0 Å². The Morgan fingerprint density at radius 3 is 1.19 bits per heavy atom. The lowest BCUT2D eigenvalue weighted by atomic mass is 10.0. The van der Waals surface area contributed by atoms with Crippen molar-refractivity contribution in [1.29, 1.82) is 0 Å². The number of likely N-dealkylation sites (N-methyl/N-ethyl adjacent to an activating group) is 1. The van der Waals surface area contributed by atoms with Gasteiger partial charge in [0.25, 0.3) is 7.82 Å². The first-order chi connectivity index (χ1) is 37.9. The minimum absolute atomic E-state index is 0.0296. The van der Waals surface area contributed by atoms with Crippen LogP contribution in [0.3, 0.4) is 0 Å². The van der Waals surface area contributed by atoms with Crippen molar-refractivity contribution in [3.05, 3.63) is 85.1 Å². The van der Waals surface area contributed by atoms with Gasteiger partial charge in [0.2, 0.25) is 5.91 Å². The highest BCUT2D eigenvalue weighted by Gasteiger charge is 2.27. The summed E-state index contributed by atoms with van der Waals surface area (Å²) in [4.78, 5) is 40.1. The maximum atomic E-state index is 13.6. The summed E-state index contributed by atoms with van der Waals surface area (Å²) in [5, 5.41) is 3.03. The number of hydrogen-bond donors (Lipinski definition) is 1. The quantitative estimate of drug-likeness (QED) is 0.0212. The van der Waals surface area contributed by atoms with Gasteiger partial charge in [-0.15, -0.1) is 0 Å². The molecule has 452 valence electrons. The predicted molar refractivity (Wildman–Crippen MR) is 335 cm³/mol. The second kappa shape index (κ2) is 57.4. The van der Waals surface area contributed by atoms with E-state index in [-0.39, 0.29) is 24.9 Å². The van der Waals surface area contributed by atoms with E-state index in [0.717, 1.165) is 109 Å². The van der Waals surface area contributed by atoms with Crippen molar-refractivity contribution in [3.63, 3.8) is 0 Å². The number of phosphoric acid groups is 1. The second-order valence-corrected chi connectivity index (χ2v) is 24.3. The highest BCUT2D eigenvalue weighted by molar-refractivity contribution is 7.45. The van der Waals surface area contributed by atoms with Crippen LogP contribution in [-0.2, 0) is 27.9 Å². The van der Waals surface area contributed by atoms with E-state index >= 15 is 0 Å². The lowest BCUT2D eigenvalue weighted by Gasteiger charge is -2.30. The molecular weight excluding hydrogens is 988 g/mol. The molecule has 1 N–H and O–H groups in total. The largest absolute Gasteiger partial charge is 0.756 e. The number of rotatable bonds is 58. The number of hydrogen-bond acceptors (Lipinski definition) is 7. The van der Waals surface area contributed by atoms with E-state index in [1.807, 2.05) is 33.3 Å². The Kier molecular flexibility index (Phi) is 55.4. The third-order valence-electron chi connectivity index (χ3n) is 14.0. The molecule has 0 fully saturated rings. The zero-order valence-corrected chi connectivity index (χ0v) is 52.5. The molecule has 0 aliphatic heterocycles. The van der Waals surface area contributed by atoms with Crippen LogP contribution in [-0.4, -0.2) is 69.4 Å². The van der Waals surface area contributed by atoms with Crippen LogP contribution < -0.4 is 10.2 Å². The van der Waals surface area contributed by atoms with Gasteiger partial charge in [-0.1, -0.05) is 247 Å². The van der Waals surface area contributed by atoms with Crippen molar-refractivity contribution in [1.82, 2.24) is 5.32 Å². The van der Waals surface area contributed by atoms with Gasteiger partial charge in [0, 0.05) is 12.8 Å². The summed E-state index contributed by atoms with van der Waals surface area (Å²) in [6, 6.07) is -0.903. The molecule has 0 aliphatic rings. The Bertz CT molecular complexity index is 1610. The maximum absolute atomic E-state index is 13.6. The Hall–Kier alpha value is -2.81. The monoisotopic (exact) mass is 1110 g/mol. The fraction of sp³-hybridized carbons (Fsp3) is 0.765. The molecule has 0 rings (SSSR count). The average molecular weight is 1110 g/mol. The SMILES string of the molecule is CCCCC/C=C\C/C=C\C/C=C\C/C=C\CCCCCCCC(=O)OC(/C=C/CCCCCCCCCCCC)C(COP(=O)([O-])OCC[N+](C)(C)C)NC(=O)CCCCCCCCCCC/C=C\C/C=C\CCCCC. The molecule has 0 spiro atoms. The number of quaternary nitrogens is 1. The van der Waals surface area contributed by atoms with Crippen LogP contribution in [0.1, 0.15) is 284 Å². The van der Waals surface area contributed by atoms with Gasteiger partial charge < -0.3 is 28.5 Å². The molecule has 1 amide bonds. The van der Waals surface area contributed by atoms with Crippen molar-refractivity contribution in [2.24, 2.45) is 0 Å². The zero-order valence-electron chi connectivity index (χ0n) is 51.6. The zero-order chi connectivity index (χ0) is 57.2. The van der Waals surface area contributed by atoms with E-state index in [9.17, 15) is 19.0 Å². The molecule has 0 heterocycles. The first kappa shape index (κ1) is 75.2. The summed E-state index contributed by atoms with van der Waals surface area (Å²) in [5.41, 5.74) is 0. The first-order valence-corrected chi connectivity index (χ1v) is 33.9. The topological polar surface area (TPSA) is 114 Å². The third-order valence-corrected chi connectivity index (χ3v) is 15.0. The van der Waals surface area contributed by atoms with Gasteiger partial charge in [-0.05, 0) is 109 Å². The highest BCUT2D eigenvalue weighted by atomic mass is 31.2. The summed E-state index contributed by atoms with van der Waals surface area (Å²) < 4.78 is 30.3. The third kappa shape index (κ3) is 57.9. The minimum atomic E-state index is -4.71. The van der Waals surface area contributed by atoms with Crippen LogP contribution in [0.4, 0.5) is 0 Å². The first-order valence-electron chi connectivity index (χ1n) is 32.4. The molecule has 0 aromatic heterocycles. The molecule has 0 aromatic rings. The minimum Gasteiger partial charge on any atom is -0.756 e. The number of unbranched alkanes of at least 4 members (excludes halogenated alkanes) is 30. The summed E-state index contributed by atoms with van der Waals surface area (Å²) in [7, 11) is 1.16. The van der Waals surface area contributed by atoms with Crippen LogP contribution >= 0.6 is 7.82 Å². The molecule has 78 heavy (non-hydrogen) atoms. The molecule has 0 saturated carbocycles. The van der Waals surface area contributed by atoms with Gasteiger partial charge in [-0.3, -0.25) is 14.2 Å². The predicted octanol–water partition coefficient (Wildman–Crippen LogP) is 19.5. The van der Waals surface area contributed by atoms with Crippen LogP contribution in [0.2, 0.25) is 0 Å². The van der Waals surface area contributed by atoms with Crippen molar-refractivity contribution in [2.45, 2.75) is 296 Å². The molecule has 3 unspecified atom stereocenters. The lowest BCUT2D eigenvalue weighted by Crippen LogP contribution is -2.47. The number of nitrogens with one attached hydrogen (secondary N) is 1. The molecular formula is C68H123N2O7P. The van der Waals surface area contributed by atoms with Crippen molar-refractivity contribution in [2.75, 3.05) is 40.9 Å². The molecule has 0 aliphatic carbocycles. The van der Waals surface area contributed by atoms with Gasteiger partial charge in [0.1, 0.15) is 19.3 Å². The number of nitrogens with zero attached hydrogens (tertiary/aromatic N) is 1. The molecule has 0 radical (unpaired) electrons. The molecule has 0 aromatic carbocycles. The fourth-order valence-corrected chi connectivity index (χ4v) is 9.73. The van der Waals surface area contributed by atoms with Crippen LogP contribution in [0.25, 0.3) is 0 Å². The van der Waals surface area contributed by atoms with Crippen LogP contribution in [0.5, 0.6) is 0 Å². The van der Waals surface area contributed by atoms with E-state index < -0.39 is 26.6 Å². The smallest absolute Gasteiger partial charge is 0.306 e. The number of ether oxygens (including phenoxy) is 1. The van der Waals surface area contributed by atoms with Gasteiger partial charge in [-0.25, -0.2) is 0 Å². The number of carbonyl (C=O) groups is 2. The second-order valence-electron chi connectivity index (χ2n) is 22.9. The fourth-order valence-electron chi connectivity index (χ4n) is 9.01. The molecule has 0 saturated heterocycles. The van der Waals surface area contributed by atoms with E-state index in [1.165, 1.54) is 135 Å². The standard InChI is InChI=1S/C68H123N2O7P/c1-7-10-13-16-19-22-25-28-30-32-34-35-37-39-41-43-46-49-52-55-58-61-68(72)77-66(59-56-53-50-47-44-27-24-21-18-15-12-9-3)65(64-76-78(73,74)75-63-62-70(4,5)6)69-67(71)60-57-54-51-48-45-42-40-38-36-33-31-29-26-23-20-17-14-11-8-2/h19-20,22-23,28-31,34-35,39,41,56,59,65-66H,7-18,21,24-27,32-33,36-38,40,42-55,57-58,60-64H2,1-6H3,(H-,69,71,73,74)/b22-19-,23-20-,30-28-,31-29-,35-34-,41-39-,59-56+. The van der Waals surface area contributed by atoms with Crippen molar-refractivity contribution in [3.8, 4) is 0 Å². The van der Waals surface area contributed by atoms with E-state index in [4.69, 9.17) is 13.8 Å². The van der Waals surface area contributed by atoms with E-state index in [0.29, 0.717) is 23.9 Å². The Labute approximate surface area is 482 Å². The lowest BCUT2D eigenvalue weighted by molar-refractivity contribution is -0.870. The van der Waals surface area contributed by atoms with Gasteiger partial charge >= 0.3 is 5.97 Å². The Morgan fingerprint density at radius 1 is 0.449 bits per heavy atom. The summed E-state index contributed by atoms with van der Waals surface area (Å²) in [6.45, 7) is 6.78. The number of phosphoric ester groups is 1. The van der Waals surface area contributed by atoms with Crippen molar-refractivity contribution < 1.29 is 37.3 Å². The molecule has 10 heteroatoms. The Morgan fingerprint density at radius 2 is 0.782 bits per heavy atom.